The van der Waals surface area contributed by atoms with E-state index in [9.17, 15) is 0 Å². The molecule has 1 aromatic rings. The van der Waals surface area contributed by atoms with E-state index >= 15 is 0 Å². The Bertz CT molecular complexity index is 242. The van der Waals surface area contributed by atoms with Crippen LogP contribution in [0.2, 0.25) is 0 Å². The second-order valence-electron chi connectivity index (χ2n) is 2.17. The van der Waals surface area contributed by atoms with E-state index < -0.39 is 0 Å². The molecule has 1 rings (SSSR count). The molecule has 2 heteroatoms. The maximum Gasteiger partial charge on any atom is 0.0593 e. The highest BCUT2D eigenvalue weighted by molar-refractivity contribution is 4.95. The summed E-state index contributed by atoms with van der Waals surface area (Å²) < 4.78 is 1.86. The zero-order valence-corrected chi connectivity index (χ0v) is 6.04. The van der Waals surface area contributed by atoms with Crippen LogP contribution in [0.4, 0.5) is 0 Å². The lowest BCUT2D eigenvalue weighted by molar-refractivity contribution is 0.625. The van der Waals surface area contributed by atoms with Crippen molar-refractivity contribution in [2.24, 2.45) is 0 Å². The molecule has 10 heavy (non-hydrogen) atoms. The molecule has 0 unspecified atom stereocenters. The first kappa shape index (κ1) is 6.88. The predicted molar refractivity (Wildman–Crippen MR) is 40.4 cm³/mol. The number of terminal acetylenes is 1. The molecule has 0 N–H and O–H groups in total. The van der Waals surface area contributed by atoms with E-state index in [0.717, 1.165) is 18.7 Å². The molecule has 0 aliphatic rings. The molecule has 0 fully saturated rings. The molecule has 0 spiro atoms. The highest BCUT2D eigenvalue weighted by atomic mass is 15.3. The quantitative estimate of drug-likeness (QED) is 0.556. The zero-order chi connectivity index (χ0) is 7.40. The minimum absolute atomic E-state index is 0.751. The molecule has 0 radical (unpaired) electrons. The van der Waals surface area contributed by atoms with Crippen molar-refractivity contribution in [3.8, 4) is 12.3 Å². The first-order valence-corrected chi connectivity index (χ1v) is 3.26. The van der Waals surface area contributed by atoms with Crippen LogP contribution in [0.5, 0.6) is 0 Å². The van der Waals surface area contributed by atoms with Gasteiger partial charge >= 0.3 is 0 Å². The maximum absolute atomic E-state index is 5.09. The summed E-state index contributed by atoms with van der Waals surface area (Å²) in [6, 6.07) is 1.97. The third-order valence-corrected chi connectivity index (χ3v) is 1.26. The minimum atomic E-state index is 0.751. The maximum atomic E-state index is 5.09. The standard InChI is InChI=1S/C8H10N2/c1-3-4-6-10-7-5-8(2)9-10/h1,5,7H,4,6H2,2H3. The molecule has 1 heterocycles. The lowest BCUT2D eigenvalue weighted by atomic mass is 10.4. The van der Waals surface area contributed by atoms with Crippen molar-refractivity contribution in [2.45, 2.75) is 19.9 Å². The first-order valence-electron chi connectivity index (χ1n) is 3.26. The average Bonchev–Trinajstić information content (AvgIpc) is 2.31. The first-order chi connectivity index (χ1) is 4.83. The number of rotatable bonds is 2. The van der Waals surface area contributed by atoms with E-state index in [0.29, 0.717) is 0 Å². The van der Waals surface area contributed by atoms with Crippen LogP contribution in [0.1, 0.15) is 12.1 Å². The van der Waals surface area contributed by atoms with Gasteiger partial charge in [-0.3, -0.25) is 4.68 Å². The summed E-state index contributed by atoms with van der Waals surface area (Å²) in [5.41, 5.74) is 1.04. The van der Waals surface area contributed by atoms with Crippen molar-refractivity contribution < 1.29 is 0 Å². The largest absolute Gasteiger partial charge is 0.272 e. The van der Waals surface area contributed by atoms with Crippen LogP contribution in [0.15, 0.2) is 12.3 Å². The highest BCUT2D eigenvalue weighted by Crippen LogP contribution is 1.93. The summed E-state index contributed by atoms with van der Waals surface area (Å²) in [7, 11) is 0. The SMILES string of the molecule is C#CCCn1ccc(C)n1. The number of hydrogen-bond donors (Lipinski definition) is 0. The monoisotopic (exact) mass is 134 g/mol. The van der Waals surface area contributed by atoms with Crippen molar-refractivity contribution >= 4 is 0 Å². The summed E-state index contributed by atoms with van der Waals surface area (Å²) in [5.74, 6) is 2.56. The molecule has 0 saturated heterocycles. The van der Waals surface area contributed by atoms with Crippen molar-refractivity contribution in [1.82, 2.24) is 9.78 Å². The molecule has 0 aliphatic heterocycles. The molecular formula is C8H10N2. The number of aryl methyl sites for hydroxylation is 2. The molecule has 0 bridgehead atoms. The molecular weight excluding hydrogens is 124 g/mol. The molecule has 0 aromatic carbocycles. The van der Waals surface area contributed by atoms with Gasteiger partial charge in [0.25, 0.3) is 0 Å². The van der Waals surface area contributed by atoms with Gasteiger partial charge in [0, 0.05) is 12.6 Å². The zero-order valence-electron chi connectivity index (χ0n) is 6.04. The van der Waals surface area contributed by atoms with Crippen molar-refractivity contribution in [3.05, 3.63) is 18.0 Å². The van der Waals surface area contributed by atoms with Gasteiger partial charge in [-0.05, 0) is 13.0 Å². The second kappa shape index (κ2) is 3.07. The van der Waals surface area contributed by atoms with Crippen LogP contribution < -0.4 is 0 Å². The summed E-state index contributed by atoms with van der Waals surface area (Å²) in [5, 5.41) is 4.17. The van der Waals surface area contributed by atoms with E-state index in [-0.39, 0.29) is 0 Å². The molecule has 52 valence electrons. The Kier molecular flexibility index (Phi) is 2.11. The molecule has 2 nitrogen and oxygen atoms in total. The van der Waals surface area contributed by atoms with Crippen molar-refractivity contribution in [1.29, 1.82) is 0 Å². The molecule has 0 saturated carbocycles. The van der Waals surface area contributed by atoms with Crippen LogP contribution in [0.3, 0.4) is 0 Å². The normalized spacial score (nSPS) is 9.20. The van der Waals surface area contributed by atoms with Gasteiger partial charge in [-0.1, -0.05) is 0 Å². The lowest BCUT2D eigenvalue weighted by Crippen LogP contribution is -1.97. The van der Waals surface area contributed by atoms with Crippen LogP contribution in [0.25, 0.3) is 0 Å². The smallest absolute Gasteiger partial charge is 0.0593 e. The molecule has 0 aliphatic carbocycles. The van der Waals surface area contributed by atoms with Crippen LogP contribution in [-0.2, 0) is 6.54 Å². The van der Waals surface area contributed by atoms with Crippen LogP contribution >= 0.6 is 0 Å². The van der Waals surface area contributed by atoms with E-state index in [1.165, 1.54) is 0 Å². The van der Waals surface area contributed by atoms with Gasteiger partial charge < -0.3 is 0 Å². The second-order valence-corrected chi connectivity index (χ2v) is 2.17. The average molecular weight is 134 g/mol. The fourth-order valence-corrected chi connectivity index (χ4v) is 0.767. The van der Waals surface area contributed by atoms with Gasteiger partial charge in [0.05, 0.1) is 12.2 Å². The Morgan fingerprint density at radius 2 is 2.60 bits per heavy atom. The Hall–Kier alpha value is -1.23. The Morgan fingerprint density at radius 1 is 1.80 bits per heavy atom. The molecule has 0 atom stereocenters. The fraction of sp³-hybridized carbons (Fsp3) is 0.375. The van der Waals surface area contributed by atoms with Crippen LogP contribution in [-0.4, -0.2) is 9.78 Å². The van der Waals surface area contributed by atoms with E-state index in [1.54, 1.807) is 0 Å². The van der Waals surface area contributed by atoms with Crippen LogP contribution in [0, 0.1) is 19.3 Å². The fourth-order valence-electron chi connectivity index (χ4n) is 0.767. The Balaban J connectivity index is 2.52. The molecule has 1 aromatic heterocycles. The topological polar surface area (TPSA) is 17.8 Å². The van der Waals surface area contributed by atoms with Crippen molar-refractivity contribution in [3.63, 3.8) is 0 Å². The summed E-state index contributed by atoms with van der Waals surface area (Å²) >= 11 is 0. The minimum Gasteiger partial charge on any atom is -0.272 e. The lowest BCUT2D eigenvalue weighted by Gasteiger charge is -1.93. The van der Waals surface area contributed by atoms with E-state index in [1.807, 2.05) is 23.9 Å². The van der Waals surface area contributed by atoms with Gasteiger partial charge in [0.2, 0.25) is 0 Å². The van der Waals surface area contributed by atoms with E-state index in [4.69, 9.17) is 6.42 Å². The van der Waals surface area contributed by atoms with Crippen molar-refractivity contribution in [2.75, 3.05) is 0 Å². The van der Waals surface area contributed by atoms with Gasteiger partial charge in [0.1, 0.15) is 0 Å². The summed E-state index contributed by atoms with van der Waals surface area (Å²) in [4.78, 5) is 0. The molecule has 0 amide bonds. The van der Waals surface area contributed by atoms with Gasteiger partial charge in [-0.25, -0.2) is 0 Å². The Morgan fingerprint density at radius 3 is 3.10 bits per heavy atom. The number of nitrogens with zero attached hydrogens (tertiary/aromatic N) is 2. The third kappa shape index (κ3) is 1.63. The summed E-state index contributed by atoms with van der Waals surface area (Å²) in [6.07, 6.45) is 7.78. The Labute approximate surface area is 60.9 Å². The summed E-state index contributed by atoms with van der Waals surface area (Å²) in [6.45, 7) is 2.79. The van der Waals surface area contributed by atoms with Gasteiger partial charge in [-0.15, -0.1) is 12.3 Å². The highest BCUT2D eigenvalue weighted by Gasteiger charge is 1.89. The van der Waals surface area contributed by atoms with Gasteiger partial charge in [-0.2, -0.15) is 5.10 Å². The third-order valence-electron chi connectivity index (χ3n) is 1.26. The predicted octanol–water partition coefficient (Wildman–Crippen LogP) is 1.21. The van der Waals surface area contributed by atoms with E-state index in [2.05, 4.69) is 11.0 Å². The number of hydrogen-bond acceptors (Lipinski definition) is 1. The van der Waals surface area contributed by atoms with Gasteiger partial charge in [0.15, 0.2) is 0 Å². The number of aromatic nitrogens is 2.